The van der Waals surface area contributed by atoms with Gasteiger partial charge < -0.3 is 15.4 Å². The van der Waals surface area contributed by atoms with Crippen LogP contribution < -0.4 is 10.5 Å². The minimum atomic E-state index is -0.0764. The number of nitrogens with zero attached hydrogens (tertiary/aromatic N) is 1. The van der Waals surface area contributed by atoms with Crippen molar-refractivity contribution in [1.29, 1.82) is 0 Å². The van der Waals surface area contributed by atoms with Crippen molar-refractivity contribution in [3.8, 4) is 5.75 Å². The second-order valence-corrected chi connectivity index (χ2v) is 3.68. The molecule has 0 spiro atoms. The number of carbonyl (C=O) groups is 1. The van der Waals surface area contributed by atoms with Gasteiger partial charge in [-0.25, -0.2) is 0 Å². The van der Waals surface area contributed by atoms with Crippen LogP contribution in [0.5, 0.6) is 5.75 Å². The van der Waals surface area contributed by atoms with Crippen LogP contribution in [0.25, 0.3) is 0 Å². The highest BCUT2D eigenvalue weighted by Gasteiger charge is 2.05. The van der Waals surface area contributed by atoms with Crippen molar-refractivity contribution >= 4 is 18.3 Å². The zero-order valence-corrected chi connectivity index (χ0v) is 11.0. The van der Waals surface area contributed by atoms with E-state index >= 15 is 0 Å². The summed E-state index contributed by atoms with van der Waals surface area (Å²) in [5, 5.41) is 0. The molecular weight excluding hydrogens is 240 g/mol. The molecule has 5 heteroatoms. The van der Waals surface area contributed by atoms with Crippen LogP contribution in [0.15, 0.2) is 24.3 Å². The SMILES string of the molecule is Cc1ccc(OCCN(C)C(=O)CN)cc1.Cl. The number of nitrogens with two attached hydrogens (primary N) is 1. The van der Waals surface area contributed by atoms with Gasteiger partial charge in [-0.2, -0.15) is 0 Å². The van der Waals surface area contributed by atoms with E-state index in [9.17, 15) is 4.79 Å². The molecular formula is C12H19ClN2O2. The molecule has 0 aromatic heterocycles. The normalized spacial score (nSPS) is 9.35. The second kappa shape index (κ2) is 7.92. The monoisotopic (exact) mass is 258 g/mol. The predicted molar refractivity (Wildman–Crippen MR) is 70.6 cm³/mol. The van der Waals surface area contributed by atoms with E-state index in [1.807, 2.05) is 31.2 Å². The Morgan fingerprint density at radius 2 is 1.94 bits per heavy atom. The van der Waals surface area contributed by atoms with Gasteiger partial charge in [0.25, 0.3) is 0 Å². The fourth-order valence-electron chi connectivity index (χ4n) is 1.22. The van der Waals surface area contributed by atoms with E-state index in [2.05, 4.69) is 0 Å². The Labute approximate surface area is 108 Å². The third-order valence-electron chi connectivity index (χ3n) is 2.32. The first-order valence-electron chi connectivity index (χ1n) is 5.27. The van der Waals surface area contributed by atoms with Crippen molar-refractivity contribution < 1.29 is 9.53 Å². The van der Waals surface area contributed by atoms with E-state index in [0.717, 1.165) is 5.75 Å². The molecule has 0 radical (unpaired) electrons. The Kier molecular flexibility index (Phi) is 7.34. The van der Waals surface area contributed by atoms with Gasteiger partial charge in [-0.15, -0.1) is 12.4 Å². The molecule has 0 bridgehead atoms. The highest BCUT2D eigenvalue weighted by atomic mass is 35.5. The lowest BCUT2D eigenvalue weighted by molar-refractivity contribution is -0.128. The van der Waals surface area contributed by atoms with Crippen LogP contribution in [0.4, 0.5) is 0 Å². The highest BCUT2D eigenvalue weighted by Crippen LogP contribution is 2.10. The number of rotatable bonds is 5. The Morgan fingerprint density at radius 3 is 2.47 bits per heavy atom. The van der Waals surface area contributed by atoms with Gasteiger partial charge in [-0.3, -0.25) is 4.79 Å². The van der Waals surface area contributed by atoms with Crippen LogP contribution in [-0.2, 0) is 4.79 Å². The Bertz CT molecular complexity index is 341. The van der Waals surface area contributed by atoms with Crippen molar-refractivity contribution in [3.05, 3.63) is 29.8 Å². The van der Waals surface area contributed by atoms with Gasteiger partial charge in [0.1, 0.15) is 12.4 Å². The van der Waals surface area contributed by atoms with Gasteiger partial charge >= 0.3 is 0 Å². The molecule has 0 unspecified atom stereocenters. The molecule has 0 atom stereocenters. The third kappa shape index (κ3) is 5.56. The molecule has 1 rings (SSSR count). The van der Waals surface area contributed by atoms with Gasteiger partial charge in [0, 0.05) is 7.05 Å². The predicted octanol–water partition coefficient (Wildman–Crippen LogP) is 1.21. The fraction of sp³-hybridized carbons (Fsp3) is 0.417. The molecule has 0 aliphatic carbocycles. The van der Waals surface area contributed by atoms with E-state index < -0.39 is 0 Å². The third-order valence-corrected chi connectivity index (χ3v) is 2.32. The molecule has 0 aliphatic rings. The lowest BCUT2D eigenvalue weighted by atomic mass is 10.2. The molecule has 0 aliphatic heterocycles. The van der Waals surface area contributed by atoms with E-state index in [0.29, 0.717) is 13.2 Å². The number of halogens is 1. The van der Waals surface area contributed by atoms with Crippen molar-refractivity contribution in [2.75, 3.05) is 26.7 Å². The number of ether oxygens (including phenoxy) is 1. The fourth-order valence-corrected chi connectivity index (χ4v) is 1.22. The van der Waals surface area contributed by atoms with Gasteiger partial charge in [-0.1, -0.05) is 17.7 Å². The van der Waals surface area contributed by atoms with E-state index in [1.165, 1.54) is 5.56 Å². The number of hydrogen-bond acceptors (Lipinski definition) is 3. The minimum Gasteiger partial charge on any atom is -0.492 e. The summed E-state index contributed by atoms with van der Waals surface area (Å²) in [6.07, 6.45) is 0. The first-order valence-corrected chi connectivity index (χ1v) is 5.27. The zero-order valence-electron chi connectivity index (χ0n) is 10.2. The molecule has 2 N–H and O–H groups in total. The molecule has 0 heterocycles. The van der Waals surface area contributed by atoms with Crippen molar-refractivity contribution in [2.45, 2.75) is 6.92 Å². The smallest absolute Gasteiger partial charge is 0.236 e. The number of likely N-dealkylation sites (N-methyl/N-ethyl adjacent to an activating group) is 1. The molecule has 1 aromatic carbocycles. The summed E-state index contributed by atoms with van der Waals surface area (Å²) in [4.78, 5) is 12.7. The van der Waals surface area contributed by atoms with Crippen LogP contribution in [0.3, 0.4) is 0 Å². The zero-order chi connectivity index (χ0) is 12.0. The van der Waals surface area contributed by atoms with Crippen molar-refractivity contribution in [2.24, 2.45) is 5.73 Å². The summed E-state index contributed by atoms with van der Waals surface area (Å²) in [5.41, 5.74) is 6.44. The number of amides is 1. The first-order chi connectivity index (χ1) is 7.63. The molecule has 1 aromatic rings. The van der Waals surface area contributed by atoms with Gasteiger partial charge in [0.15, 0.2) is 0 Å². The number of carbonyl (C=O) groups excluding carboxylic acids is 1. The maximum atomic E-state index is 11.1. The molecule has 96 valence electrons. The van der Waals surface area contributed by atoms with Gasteiger partial charge in [0.2, 0.25) is 5.91 Å². The Balaban J connectivity index is 0.00000256. The summed E-state index contributed by atoms with van der Waals surface area (Å²) >= 11 is 0. The molecule has 0 saturated heterocycles. The summed E-state index contributed by atoms with van der Waals surface area (Å²) < 4.78 is 5.49. The molecule has 0 fully saturated rings. The van der Waals surface area contributed by atoms with E-state index in [1.54, 1.807) is 11.9 Å². The summed E-state index contributed by atoms with van der Waals surface area (Å²) in [7, 11) is 1.72. The van der Waals surface area contributed by atoms with Crippen LogP contribution in [-0.4, -0.2) is 37.6 Å². The van der Waals surface area contributed by atoms with Crippen molar-refractivity contribution in [3.63, 3.8) is 0 Å². The quantitative estimate of drug-likeness (QED) is 0.864. The van der Waals surface area contributed by atoms with Crippen molar-refractivity contribution in [1.82, 2.24) is 4.90 Å². The second-order valence-electron chi connectivity index (χ2n) is 3.68. The lowest BCUT2D eigenvalue weighted by Gasteiger charge is -2.16. The summed E-state index contributed by atoms with van der Waals surface area (Å²) in [6, 6.07) is 7.81. The number of hydrogen-bond donors (Lipinski definition) is 1. The van der Waals surface area contributed by atoms with Gasteiger partial charge in [-0.05, 0) is 19.1 Å². The molecule has 0 saturated carbocycles. The summed E-state index contributed by atoms with van der Waals surface area (Å²) in [6.45, 7) is 3.09. The average Bonchev–Trinajstić information content (AvgIpc) is 2.30. The van der Waals surface area contributed by atoms with Crippen LogP contribution in [0.2, 0.25) is 0 Å². The first kappa shape index (κ1) is 15.7. The topological polar surface area (TPSA) is 55.6 Å². The maximum absolute atomic E-state index is 11.1. The van der Waals surface area contributed by atoms with Crippen LogP contribution in [0.1, 0.15) is 5.56 Å². The van der Waals surface area contributed by atoms with E-state index in [-0.39, 0.29) is 24.9 Å². The number of aryl methyl sites for hydroxylation is 1. The Morgan fingerprint density at radius 1 is 1.35 bits per heavy atom. The van der Waals surface area contributed by atoms with Gasteiger partial charge in [0.05, 0.1) is 13.1 Å². The summed E-state index contributed by atoms with van der Waals surface area (Å²) in [5.74, 6) is 0.742. The van der Waals surface area contributed by atoms with Crippen LogP contribution >= 0.6 is 12.4 Å². The van der Waals surface area contributed by atoms with E-state index in [4.69, 9.17) is 10.5 Å². The standard InChI is InChI=1S/C12H18N2O2.ClH/c1-10-3-5-11(6-4-10)16-8-7-14(2)12(15)9-13;/h3-6H,7-9,13H2,1-2H3;1H. The molecule has 1 amide bonds. The highest BCUT2D eigenvalue weighted by molar-refractivity contribution is 5.85. The average molecular weight is 259 g/mol. The number of benzene rings is 1. The molecule has 17 heavy (non-hydrogen) atoms. The van der Waals surface area contributed by atoms with Crippen LogP contribution in [0, 0.1) is 6.92 Å². The Hall–Kier alpha value is -1.26. The molecule has 4 nitrogen and oxygen atoms in total. The lowest BCUT2D eigenvalue weighted by Crippen LogP contribution is -2.35. The maximum Gasteiger partial charge on any atom is 0.236 e. The largest absolute Gasteiger partial charge is 0.492 e. The minimum absolute atomic E-state index is 0.